The van der Waals surface area contributed by atoms with Crippen molar-refractivity contribution in [1.29, 1.82) is 0 Å². The third-order valence-corrected chi connectivity index (χ3v) is 2.82. The van der Waals surface area contributed by atoms with Crippen molar-refractivity contribution < 1.29 is 10.0 Å². The van der Waals surface area contributed by atoms with E-state index in [0.717, 1.165) is 11.1 Å². The molecule has 6 heteroatoms. The fourth-order valence-corrected chi connectivity index (χ4v) is 1.84. The Kier molecular flexibility index (Phi) is 2.81. The molecule has 6 nitrogen and oxygen atoms in total. The van der Waals surface area contributed by atoms with Crippen LogP contribution in [0.3, 0.4) is 0 Å². The van der Waals surface area contributed by atoms with E-state index in [0.29, 0.717) is 5.52 Å². The Morgan fingerprint density at radius 1 is 1.59 bits per heavy atom. The molecular formula is C11H13N3O3. The first-order valence-corrected chi connectivity index (χ1v) is 5.26. The molecule has 0 fully saturated rings. The molecule has 2 rings (SSSR count). The second-order valence-electron chi connectivity index (χ2n) is 4.05. The fourth-order valence-electron chi connectivity index (χ4n) is 1.84. The smallest absolute Gasteiger partial charge is 0.271 e. The van der Waals surface area contributed by atoms with Gasteiger partial charge in [-0.3, -0.25) is 14.8 Å². The predicted octanol–water partition coefficient (Wildman–Crippen LogP) is 1.58. The van der Waals surface area contributed by atoms with Gasteiger partial charge in [0.05, 0.1) is 22.7 Å². The summed E-state index contributed by atoms with van der Waals surface area (Å²) < 4.78 is 1.60. The summed E-state index contributed by atoms with van der Waals surface area (Å²) in [5, 5.41) is 25.0. The van der Waals surface area contributed by atoms with Gasteiger partial charge in [-0.15, -0.1) is 0 Å². The Morgan fingerprint density at radius 2 is 2.29 bits per heavy atom. The minimum absolute atomic E-state index is 0.00308. The monoisotopic (exact) mass is 235 g/mol. The van der Waals surface area contributed by atoms with Crippen LogP contribution in [0.1, 0.15) is 18.5 Å². The summed E-state index contributed by atoms with van der Waals surface area (Å²) in [5.74, 6) is -0.0832. The maximum absolute atomic E-state index is 10.7. The summed E-state index contributed by atoms with van der Waals surface area (Å²) in [6.45, 7) is 1.87. The SMILES string of the molecule is CC(CO)c1nn(C)c2cc([N+](=O)[O-])ccc12. The number of aryl methyl sites for hydroxylation is 1. The molecular weight excluding hydrogens is 222 g/mol. The Hall–Kier alpha value is -1.95. The molecule has 0 bridgehead atoms. The highest BCUT2D eigenvalue weighted by Crippen LogP contribution is 2.27. The maximum Gasteiger partial charge on any atom is 0.271 e. The summed E-state index contributed by atoms with van der Waals surface area (Å²) >= 11 is 0. The summed E-state index contributed by atoms with van der Waals surface area (Å²) in [6, 6.07) is 4.63. The van der Waals surface area contributed by atoms with Gasteiger partial charge in [0.25, 0.3) is 5.69 Å². The quantitative estimate of drug-likeness (QED) is 0.646. The van der Waals surface area contributed by atoms with Crippen LogP contribution in [0.2, 0.25) is 0 Å². The van der Waals surface area contributed by atoms with Gasteiger partial charge in [0.15, 0.2) is 0 Å². The van der Waals surface area contributed by atoms with Crippen molar-refractivity contribution in [3.8, 4) is 0 Å². The highest BCUT2D eigenvalue weighted by molar-refractivity contribution is 5.84. The third kappa shape index (κ3) is 1.87. The lowest BCUT2D eigenvalue weighted by Crippen LogP contribution is -2.01. The lowest BCUT2D eigenvalue weighted by Gasteiger charge is -2.03. The van der Waals surface area contributed by atoms with Crippen LogP contribution in [0, 0.1) is 10.1 Å². The van der Waals surface area contributed by atoms with E-state index in [4.69, 9.17) is 5.11 Å². The average molecular weight is 235 g/mol. The number of aromatic nitrogens is 2. The number of nitro groups is 1. The van der Waals surface area contributed by atoms with Crippen molar-refractivity contribution >= 4 is 16.6 Å². The van der Waals surface area contributed by atoms with E-state index in [1.807, 2.05) is 6.92 Å². The molecule has 0 aliphatic carbocycles. The normalized spacial score (nSPS) is 12.9. The van der Waals surface area contributed by atoms with E-state index >= 15 is 0 Å². The Morgan fingerprint density at radius 3 is 2.88 bits per heavy atom. The van der Waals surface area contributed by atoms with E-state index < -0.39 is 4.92 Å². The zero-order valence-corrected chi connectivity index (χ0v) is 9.62. The van der Waals surface area contributed by atoms with Crippen LogP contribution in [0.4, 0.5) is 5.69 Å². The van der Waals surface area contributed by atoms with E-state index in [1.165, 1.54) is 12.1 Å². The van der Waals surface area contributed by atoms with Gasteiger partial charge >= 0.3 is 0 Å². The molecule has 90 valence electrons. The fraction of sp³-hybridized carbons (Fsp3) is 0.364. The van der Waals surface area contributed by atoms with Crippen molar-refractivity contribution in [1.82, 2.24) is 9.78 Å². The molecule has 1 aromatic carbocycles. The van der Waals surface area contributed by atoms with Crippen LogP contribution < -0.4 is 0 Å². The number of nitrogens with zero attached hydrogens (tertiary/aromatic N) is 3. The summed E-state index contributed by atoms with van der Waals surface area (Å²) in [4.78, 5) is 10.3. The number of non-ortho nitro benzene ring substituents is 1. The van der Waals surface area contributed by atoms with Gasteiger partial charge in [-0.2, -0.15) is 5.10 Å². The maximum atomic E-state index is 10.7. The van der Waals surface area contributed by atoms with Gasteiger partial charge in [-0.05, 0) is 6.07 Å². The third-order valence-electron chi connectivity index (χ3n) is 2.82. The second-order valence-corrected chi connectivity index (χ2v) is 4.05. The van der Waals surface area contributed by atoms with Crippen molar-refractivity contribution in [3.63, 3.8) is 0 Å². The predicted molar refractivity (Wildman–Crippen MR) is 62.9 cm³/mol. The molecule has 1 aromatic heterocycles. The van der Waals surface area contributed by atoms with Gasteiger partial charge in [0.1, 0.15) is 0 Å². The molecule has 0 spiro atoms. The zero-order valence-electron chi connectivity index (χ0n) is 9.62. The number of rotatable bonds is 3. The van der Waals surface area contributed by atoms with Crippen LogP contribution in [-0.4, -0.2) is 26.4 Å². The number of hydrogen-bond donors (Lipinski definition) is 1. The molecule has 0 aliphatic heterocycles. The molecule has 0 radical (unpaired) electrons. The van der Waals surface area contributed by atoms with E-state index in [1.54, 1.807) is 17.8 Å². The van der Waals surface area contributed by atoms with Crippen molar-refractivity contribution in [2.24, 2.45) is 7.05 Å². The lowest BCUT2D eigenvalue weighted by atomic mass is 10.0. The van der Waals surface area contributed by atoms with Gasteiger partial charge < -0.3 is 5.11 Å². The van der Waals surface area contributed by atoms with Crippen molar-refractivity contribution in [2.75, 3.05) is 6.61 Å². The number of aliphatic hydroxyl groups is 1. The van der Waals surface area contributed by atoms with Crippen LogP contribution in [0.25, 0.3) is 10.9 Å². The van der Waals surface area contributed by atoms with Gasteiger partial charge in [-0.25, -0.2) is 0 Å². The molecule has 2 aromatic rings. The van der Waals surface area contributed by atoms with E-state index in [-0.39, 0.29) is 18.2 Å². The molecule has 0 saturated carbocycles. The van der Waals surface area contributed by atoms with Gasteiger partial charge in [0, 0.05) is 30.5 Å². The number of fused-ring (bicyclic) bond motifs is 1. The molecule has 0 saturated heterocycles. The summed E-state index contributed by atoms with van der Waals surface area (Å²) in [5.41, 5.74) is 1.51. The first-order valence-electron chi connectivity index (χ1n) is 5.26. The van der Waals surface area contributed by atoms with Gasteiger partial charge in [-0.1, -0.05) is 6.92 Å². The van der Waals surface area contributed by atoms with Crippen LogP contribution in [-0.2, 0) is 7.05 Å². The molecule has 1 atom stereocenters. The van der Waals surface area contributed by atoms with Crippen molar-refractivity contribution in [3.05, 3.63) is 34.0 Å². The summed E-state index contributed by atoms with van der Waals surface area (Å²) in [7, 11) is 1.74. The first-order chi connectivity index (χ1) is 8.04. The Labute approximate surface area is 97.6 Å². The molecule has 17 heavy (non-hydrogen) atoms. The standard InChI is InChI=1S/C11H13N3O3/c1-7(6-15)11-9-4-3-8(14(16)17)5-10(9)13(2)12-11/h3-5,7,15H,6H2,1-2H3. The van der Waals surface area contributed by atoms with Crippen LogP contribution >= 0.6 is 0 Å². The first kappa shape index (κ1) is 11.5. The zero-order chi connectivity index (χ0) is 12.6. The molecule has 1 heterocycles. The Balaban J connectivity index is 2.65. The second kappa shape index (κ2) is 4.14. The Bertz CT molecular complexity index is 577. The highest BCUT2D eigenvalue weighted by atomic mass is 16.6. The minimum Gasteiger partial charge on any atom is -0.396 e. The van der Waals surface area contributed by atoms with Crippen LogP contribution in [0.15, 0.2) is 18.2 Å². The van der Waals surface area contributed by atoms with E-state index in [2.05, 4.69) is 5.10 Å². The van der Waals surface area contributed by atoms with E-state index in [9.17, 15) is 10.1 Å². The minimum atomic E-state index is -0.429. The van der Waals surface area contributed by atoms with Gasteiger partial charge in [0.2, 0.25) is 0 Å². The van der Waals surface area contributed by atoms with Crippen LogP contribution in [0.5, 0.6) is 0 Å². The topological polar surface area (TPSA) is 81.2 Å². The number of hydrogen-bond acceptors (Lipinski definition) is 4. The molecule has 0 aliphatic rings. The van der Waals surface area contributed by atoms with Crippen molar-refractivity contribution in [2.45, 2.75) is 12.8 Å². The number of aliphatic hydroxyl groups excluding tert-OH is 1. The molecule has 1 N–H and O–H groups in total. The molecule has 1 unspecified atom stereocenters. The lowest BCUT2D eigenvalue weighted by molar-refractivity contribution is -0.384. The summed E-state index contributed by atoms with van der Waals surface area (Å²) in [6.07, 6.45) is 0. The number of nitro benzene ring substituents is 1. The highest BCUT2D eigenvalue weighted by Gasteiger charge is 2.16. The average Bonchev–Trinajstić information content (AvgIpc) is 2.65. The number of benzene rings is 1. The largest absolute Gasteiger partial charge is 0.396 e. The molecule has 0 amide bonds.